The third kappa shape index (κ3) is 2.97. The molecule has 0 saturated carbocycles. The minimum atomic E-state index is -0.467. The number of rotatable bonds is 2. The smallest absolute Gasteiger partial charge is 0.257 e. The summed E-state index contributed by atoms with van der Waals surface area (Å²) in [5.41, 5.74) is 0.665. The van der Waals surface area contributed by atoms with Crippen molar-refractivity contribution in [1.82, 2.24) is 4.98 Å². The Hall–Kier alpha value is -1.65. The summed E-state index contributed by atoms with van der Waals surface area (Å²) in [7, 11) is 0. The summed E-state index contributed by atoms with van der Waals surface area (Å²) in [5, 5.41) is 2.98. The van der Waals surface area contributed by atoms with E-state index in [4.69, 9.17) is 23.2 Å². The average Bonchev–Trinajstić information content (AvgIpc) is 2.33. The van der Waals surface area contributed by atoms with Gasteiger partial charge in [0.2, 0.25) is 0 Å². The van der Waals surface area contributed by atoms with Crippen molar-refractivity contribution in [2.45, 2.75) is 0 Å². The van der Waals surface area contributed by atoms with Crippen LogP contribution >= 0.6 is 23.2 Å². The van der Waals surface area contributed by atoms with Crippen molar-refractivity contribution in [1.29, 1.82) is 0 Å². The van der Waals surface area contributed by atoms with Crippen molar-refractivity contribution in [2.24, 2.45) is 0 Å². The Morgan fingerprint density at radius 3 is 2.61 bits per heavy atom. The van der Waals surface area contributed by atoms with Crippen LogP contribution in [0.25, 0.3) is 0 Å². The van der Waals surface area contributed by atoms with Crippen LogP contribution in [0.5, 0.6) is 0 Å². The highest BCUT2D eigenvalue weighted by atomic mass is 35.5. The standard InChI is InChI=1S/C12H7Cl2FN2O/c13-9-5-8(15)2-3-10(9)17-12(18)7-1-4-11(14)16-6-7/h1-6H,(H,17,18). The van der Waals surface area contributed by atoms with Crippen LogP contribution in [0.2, 0.25) is 10.2 Å². The lowest BCUT2D eigenvalue weighted by Crippen LogP contribution is -2.12. The molecule has 1 N–H and O–H groups in total. The van der Waals surface area contributed by atoms with Crippen LogP contribution in [0.4, 0.5) is 10.1 Å². The largest absolute Gasteiger partial charge is 0.321 e. The molecule has 0 aliphatic carbocycles. The summed E-state index contributed by atoms with van der Waals surface area (Å²) < 4.78 is 12.8. The molecule has 92 valence electrons. The van der Waals surface area contributed by atoms with Gasteiger partial charge in [-0.2, -0.15) is 0 Å². The van der Waals surface area contributed by atoms with Crippen molar-refractivity contribution in [3.8, 4) is 0 Å². The Morgan fingerprint density at radius 2 is 2.00 bits per heavy atom. The predicted octanol–water partition coefficient (Wildman–Crippen LogP) is 3.78. The van der Waals surface area contributed by atoms with Gasteiger partial charge in [-0.15, -0.1) is 0 Å². The fraction of sp³-hybridized carbons (Fsp3) is 0. The summed E-state index contributed by atoms with van der Waals surface area (Å²) in [5.74, 6) is -0.862. The van der Waals surface area contributed by atoms with Crippen molar-refractivity contribution in [2.75, 3.05) is 5.32 Å². The first kappa shape index (κ1) is 12.8. The molecule has 2 rings (SSSR count). The Morgan fingerprint density at radius 1 is 1.22 bits per heavy atom. The van der Waals surface area contributed by atoms with E-state index in [0.717, 1.165) is 6.07 Å². The monoisotopic (exact) mass is 284 g/mol. The normalized spacial score (nSPS) is 10.2. The maximum Gasteiger partial charge on any atom is 0.257 e. The van der Waals surface area contributed by atoms with Crippen LogP contribution in [-0.2, 0) is 0 Å². The Balaban J connectivity index is 2.18. The molecule has 1 amide bonds. The number of pyridine rings is 1. The molecule has 3 nitrogen and oxygen atoms in total. The molecule has 2 aromatic rings. The molecule has 0 aliphatic rings. The number of anilines is 1. The maximum absolute atomic E-state index is 12.8. The highest BCUT2D eigenvalue weighted by Gasteiger charge is 2.09. The van der Waals surface area contributed by atoms with Gasteiger partial charge in [0.1, 0.15) is 11.0 Å². The number of nitrogens with zero attached hydrogens (tertiary/aromatic N) is 1. The van der Waals surface area contributed by atoms with Gasteiger partial charge in [0.05, 0.1) is 16.3 Å². The minimum absolute atomic E-state index is 0.130. The van der Waals surface area contributed by atoms with Gasteiger partial charge in [-0.05, 0) is 30.3 Å². The Kier molecular flexibility index (Phi) is 3.79. The molecule has 0 spiro atoms. The van der Waals surface area contributed by atoms with E-state index in [-0.39, 0.29) is 5.02 Å². The van der Waals surface area contributed by atoms with Crippen molar-refractivity contribution < 1.29 is 9.18 Å². The van der Waals surface area contributed by atoms with Crippen LogP contribution in [0.1, 0.15) is 10.4 Å². The number of halogens is 3. The molecule has 18 heavy (non-hydrogen) atoms. The number of hydrogen-bond acceptors (Lipinski definition) is 2. The summed E-state index contributed by atoms with van der Waals surface area (Å²) in [6.45, 7) is 0. The van der Waals surface area contributed by atoms with Gasteiger partial charge in [0.15, 0.2) is 0 Å². The van der Waals surface area contributed by atoms with Crippen molar-refractivity contribution in [3.05, 3.63) is 58.1 Å². The summed E-state index contributed by atoms with van der Waals surface area (Å²) in [6, 6.07) is 6.75. The Bertz CT molecular complexity index is 587. The van der Waals surface area contributed by atoms with Gasteiger partial charge in [-0.3, -0.25) is 4.79 Å². The summed E-state index contributed by atoms with van der Waals surface area (Å²) in [4.78, 5) is 15.6. The number of amides is 1. The van der Waals surface area contributed by atoms with Crippen LogP contribution in [0.3, 0.4) is 0 Å². The lowest BCUT2D eigenvalue weighted by molar-refractivity contribution is 0.102. The molecular formula is C12H7Cl2FN2O. The lowest BCUT2D eigenvalue weighted by Gasteiger charge is -2.06. The van der Waals surface area contributed by atoms with Gasteiger partial charge in [-0.25, -0.2) is 9.37 Å². The molecule has 0 fully saturated rings. The fourth-order valence-electron chi connectivity index (χ4n) is 1.30. The molecule has 1 aromatic carbocycles. The molecule has 0 radical (unpaired) electrons. The average molecular weight is 285 g/mol. The van der Waals surface area contributed by atoms with Gasteiger partial charge in [-0.1, -0.05) is 23.2 Å². The first-order valence-electron chi connectivity index (χ1n) is 4.94. The summed E-state index contributed by atoms with van der Waals surface area (Å²) >= 11 is 11.4. The molecule has 1 aromatic heterocycles. The number of aromatic nitrogens is 1. The molecule has 0 saturated heterocycles. The first-order valence-corrected chi connectivity index (χ1v) is 5.70. The van der Waals surface area contributed by atoms with Gasteiger partial charge in [0.25, 0.3) is 5.91 Å². The van der Waals surface area contributed by atoms with E-state index in [1.54, 1.807) is 0 Å². The highest BCUT2D eigenvalue weighted by Crippen LogP contribution is 2.23. The number of hydrogen-bond donors (Lipinski definition) is 1. The van der Waals surface area contributed by atoms with E-state index < -0.39 is 11.7 Å². The minimum Gasteiger partial charge on any atom is -0.321 e. The third-order valence-corrected chi connectivity index (χ3v) is 2.71. The van der Waals surface area contributed by atoms with Gasteiger partial charge >= 0.3 is 0 Å². The second-order valence-corrected chi connectivity index (χ2v) is 4.24. The van der Waals surface area contributed by atoms with Crippen LogP contribution < -0.4 is 5.32 Å². The van der Waals surface area contributed by atoms with Crippen molar-refractivity contribution >= 4 is 34.8 Å². The highest BCUT2D eigenvalue weighted by molar-refractivity contribution is 6.34. The summed E-state index contributed by atoms with van der Waals surface area (Å²) in [6.07, 6.45) is 1.34. The van der Waals surface area contributed by atoms with Crippen LogP contribution in [0.15, 0.2) is 36.5 Å². The zero-order valence-electron chi connectivity index (χ0n) is 8.95. The first-order chi connectivity index (χ1) is 8.56. The van der Waals surface area contributed by atoms with Crippen LogP contribution in [-0.4, -0.2) is 10.9 Å². The van der Waals surface area contributed by atoms with E-state index in [1.165, 1.54) is 30.5 Å². The number of nitrogens with one attached hydrogen (secondary N) is 1. The zero-order chi connectivity index (χ0) is 13.1. The zero-order valence-corrected chi connectivity index (χ0v) is 10.5. The molecular weight excluding hydrogens is 278 g/mol. The number of benzene rings is 1. The number of carbonyl (C=O) groups is 1. The predicted molar refractivity (Wildman–Crippen MR) is 68.6 cm³/mol. The van der Waals surface area contributed by atoms with E-state index in [2.05, 4.69) is 10.3 Å². The second kappa shape index (κ2) is 5.33. The third-order valence-electron chi connectivity index (χ3n) is 2.17. The molecule has 0 unspecified atom stereocenters. The van der Waals surface area contributed by atoms with Crippen LogP contribution in [0, 0.1) is 5.82 Å². The van der Waals surface area contributed by atoms with E-state index in [0.29, 0.717) is 16.4 Å². The van der Waals surface area contributed by atoms with E-state index in [1.807, 2.05) is 0 Å². The molecule has 0 bridgehead atoms. The topological polar surface area (TPSA) is 42.0 Å². The quantitative estimate of drug-likeness (QED) is 0.853. The van der Waals surface area contributed by atoms with E-state index >= 15 is 0 Å². The fourth-order valence-corrected chi connectivity index (χ4v) is 1.62. The van der Waals surface area contributed by atoms with E-state index in [9.17, 15) is 9.18 Å². The maximum atomic E-state index is 12.8. The second-order valence-electron chi connectivity index (χ2n) is 3.45. The van der Waals surface area contributed by atoms with Crippen molar-refractivity contribution in [3.63, 3.8) is 0 Å². The Labute approximate surface area is 113 Å². The lowest BCUT2D eigenvalue weighted by atomic mass is 10.2. The molecule has 0 atom stereocenters. The van der Waals surface area contributed by atoms with Gasteiger partial charge < -0.3 is 5.32 Å². The molecule has 0 aliphatic heterocycles. The SMILES string of the molecule is O=C(Nc1ccc(F)cc1Cl)c1ccc(Cl)nc1. The molecule has 6 heteroatoms. The molecule has 1 heterocycles. The number of carbonyl (C=O) groups excluding carboxylic acids is 1. The van der Waals surface area contributed by atoms with Gasteiger partial charge in [0, 0.05) is 6.20 Å².